The molecule has 0 aliphatic heterocycles. The first-order valence-electron chi connectivity index (χ1n) is 5.12. The normalized spacial score (nSPS) is 9.83. The Morgan fingerprint density at radius 2 is 2.06 bits per heavy atom. The van der Waals surface area contributed by atoms with Crippen molar-refractivity contribution >= 4 is 17.8 Å². The minimum Gasteiger partial charge on any atom is -0.480 e. The van der Waals surface area contributed by atoms with E-state index in [0.29, 0.717) is 5.69 Å². The second-order valence-electron chi connectivity index (χ2n) is 3.66. The summed E-state index contributed by atoms with van der Waals surface area (Å²) in [6.45, 7) is 0.589. The van der Waals surface area contributed by atoms with Crippen LogP contribution in [0.3, 0.4) is 0 Å². The average molecular weight is 251 g/mol. The summed E-state index contributed by atoms with van der Waals surface area (Å²) in [5.41, 5.74) is 5.69. The molecule has 0 aliphatic rings. The summed E-state index contributed by atoms with van der Waals surface area (Å²) < 4.78 is 0. The van der Waals surface area contributed by atoms with Gasteiger partial charge in [0.25, 0.3) is 5.91 Å². The van der Waals surface area contributed by atoms with E-state index in [2.05, 4.69) is 4.98 Å². The molecular weight excluding hydrogens is 238 g/mol. The highest BCUT2D eigenvalue weighted by Crippen LogP contribution is 2.08. The lowest BCUT2D eigenvalue weighted by Gasteiger charge is -2.19. The molecule has 2 amide bonds. The number of pyridine rings is 1. The minimum absolute atomic E-state index is 0.250. The van der Waals surface area contributed by atoms with Crippen LogP contribution in [0.15, 0.2) is 18.3 Å². The van der Waals surface area contributed by atoms with Crippen LogP contribution >= 0.6 is 0 Å². The quantitative estimate of drug-likeness (QED) is 0.725. The Hall–Kier alpha value is -2.44. The minimum atomic E-state index is -1.22. The van der Waals surface area contributed by atoms with Crippen molar-refractivity contribution < 1.29 is 19.5 Å². The summed E-state index contributed by atoms with van der Waals surface area (Å²) in [5.74, 6) is -2.57. The van der Waals surface area contributed by atoms with Gasteiger partial charge in [-0.25, -0.2) is 0 Å². The van der Waals surface area contributed by atoms with Gasteiger partial charge >= 0.3 is 5.97 Å². The number of nitrogens with zero attached hydrogens (tertiary/aromatic N) is 2. The highest BCUT2D eigenvalue weighted by molar-refractivity contribution is 5.98. The first kappa shape index (κ1) is 13.6. The zero-order chi connectivity index (χ0) is 13.7. The summed E-state index contributed by atoms with van der Waals surface area (Å²) >= 11 is 0. The van der Waals surface area contributed by atoms with Gasteiger partial charge in [0.1, 0.15) is 13.1 Å². The molecule has 0 fully saturated rings. The van der Waals surface area contributed by atoms with Gasteiger partial charge in [-0.05, 0) is 19.1 Å². The van der Waals surface area contributed by atoms with E-state index in [-0.39, 0.29) is 5.56 Å². The van der Waals surface area contributed by atoms with Gasteiger partial charge in [-0.2, -0.15) is 0 Å². The molecule has 1 aromatic heterocycles. The summed E-state index contributed by atoms with van der Waals surface area (Å²) in [4.78, 5) is 38.3. The van der Waals surface area contributed by atoms with E-state index in [0.717, 1.165) is 4.90 Å². The smallest absolute Gasteiger partial charge is 0.323 e. The van der Waals surface area contributed by atoms with E-state index in [1.54, 1.807) is 13.0 Å². The molecule has 0 bridgehead atoms. The van der Waals surface area contributed by atoms with Crippen LogP contribution in [0.2, 0.25) is 0 Å². The predicted molar refractivity (Wildman–Crippen MR) is 61.7 cm³/mol. The molecular formula is C11H13N3O4. The number of aliphatic carboxylic acids is 1. The highest BCUT2D eigenvalue weighted by atomic mass is 16.4. The van der Waals surface area contributed by atoms with Crippen LogP contribution in [-0.4, -0.2) is 45.9 Å². The van der Waals surface area contributed by atoms with Crippen LogP contribution in [0.4, 0.5) is 0 Å². The van der Waals surface area contributed by atoms with Gasteiger partial charge in [-0.3, -0.25) is 19.4 Å². The topological polar surface area (TPSA) is 114 Å². The Morgan fingerprint density at radius 3 is 2.56 bits per heavy atom. The van der Waals surface area contributed by atoms with Crippen molar-refractivity contribution in [2.24, 2.45) is 5.73 Å². The number of carboxylic acids is 1. The first-order valence-corrected chi connectivity index (χ1v) is 5.12. The molecule has 0 atom stereocenters. The lowest BCUT2D eigenvalue weighted by Crippen LogP contribution is -2.41. The molecule has 1 aromatic rings. The van der Waals surface area contributed by atoms with E-state index in [4.69, 9.17) is 10.8 Å². The summed E-state index contributed by atoms with van der Waals surface area (Å²) in [6.07, 6.45) is 1.52. The molecule has 0 saturated carbocycles. The van der Waals surface area contributed by atoms with Crippen LogP contribution in [-0.2, 0) is 9.59 Å². The van der Waals surface area contributed by atoms with Gasteiger partial charge in [-0.1, -0.05) is 0 Å². The number of carbonyl (C=O) groups excluding carboxylic acids is 2. The fourth-order valence-electron chi connectivity index (χ4n) is 1.43. The summed E-state index contributed by atoms with van der Waals surface area (Å²) in [7, 11) is 0. The molecule has 0 radical (unpaired) electrons. The van der Waals surface area contributed by atoms with E-state index >= 15 is 0 Å². The number of carbonyl (C=O) groups is 3. The average Bonchev–Trinajstić information content (AvgIpc) is 2.26. The summed E-state index contributed by atoms with van der Waals surface area (Å²) in [6, 6.07) is 3.07. The second kappa shape index (κ2) is 5.76. The molecule has 96 valence electrons. The van der Waals surface area contributed by atoms with Crippen molar-refractivity contribution in [3.63, 3.8) is 0 Å². The van der Waals surface area contributed by atoms with Crippen LogP contribution in [0.5, 0.6) is 0 Å². The molecule has 1 heterocycles. The molecule has 3 N–H and O–H groups in total. The maximum Gasteiger partial charge on any atom is 0.323 e. The van der Waals surface area contributed by atoms with Crippen LogP contribution < -0.4 is 5.73 Å². The number of primary amides is 1. The van der Waals surface area contributed by atoms with Crippen molar-refractivity contribution in [1.82, 2.24) is 9.88 Å². The Balaban J connectivity index is 2.98. The van der Waals surface area contributed by atoms with Crippen molar-refractivity contribution in [3.8, 4) is 0 Å². The fraction of sp³-hybridized carbons (Fsp3) is 0.273. The monoisotopic (exact) mass is 251 g/mol. The SMILES string of the molecule is Cc1ncccc1C(=O)N(CC(N)=O)CC(=O)O. The number of nitrogens with two attached hydrogens (primary N) is 1. The molecule has 7 heteroatoms. The van der Waals surface area contributed by atoms with Crippen molar-refractivity contribution in [3.05, 3.63) is 29.6 Å². The molecule has 0 aliphatic carbocycles. The third-order valence-electron chi connectivity index (χ3n) is 2.20. The van der Waals surface area contributed by atoms with Gasteiger partial charge in [0.05, 0.1) is 5.56 Å². The molecule has 0 saturated heterocycles. The van der Waals surface area contributed by atoms with E-state index in [9.17, 15) is 14.4 Å². The Morgan fingerprint density at radius 1 is 1.39 bits per heavy atom. The van der Waals surface area contributed by atoms with Gasteiger partial charge in [-0.15, -0.1) is 0 Å². The number of amides is 2. The molecule has 0 unspecified atom stereocenters. The predicted octanol–water partition coefficient (Wildman–Crippen LogP) is -0.598. The second-order valence-corrected chi connectivity index (χ2v) is 3.66. The molecule has 18 heavy (non-hydrogen) atoms. The van der Waals surface area contributed by atoms with Gasteiger partial charge < -0.3 is 15.7 Å². The largest absolute Gasteiger partial charge is 0.480 e. The number of aromatic nitrogens is 1. The van der Waals surface area contributed by atoms with Crippen LogP contribution in [0.1, 0.15) is 16.1 Å². The molecule has 1 rings (SSSR count). The molecule has 0 spiro atoms. The number of rotatable bonds is 5. The summed E-state index contributed by atoms with van der Waals surface area (Å²) in [5, 5.41) is 8.70. The highest BCUT2D eigenvalue weighted by Gasteiger charge is 2.21. The fourth-order valence-corrected chi connectivity index (χ4v) is 1.43. The number of aryl methyl sites for hydroxylation is 1. The van der Waals surface area contributed by atoms with Gasteiger partial charge in [0.15, 0.2) is 0 Å². The molecule has 7 nitrogen and oxygen atoms in total. The standard InChI is InChI=1S/C11H13N3O4/c1-7-8(3-2-4-13-7)11(18)14(5-9(12)15)6-10(16)17/h2-4H,5-6H2,1H3,(H2,12,15)(H,16,17). The van der Waals surface area contributed by atoms with Crippen LogP contribution in [0, 0.1) is 6.92 Å². The Bertz CT molecular complexity index is 471. The zero-order valence-electron chi connectivity index (χ0n) is 9.79. The lowest BCUT2D eigenvalue weighted by atomic mass is 10.2. The van der Waals surface area contributed by atoms with E-state index in [1.807, 2.05) is 0 Å². The third-order valence-corrected chi connectivity index (χ3v) is 2.20. The Labute approximate surface area is 103 Å². The third kappa shape index (κ3) is 3.55. The first-order chi connectivity index (χ1) is 8.41. The number of carboxylic acid groups (broad SMARTS) is 1. The van der Waals surface area contributed by atoms with Crippen molar-refractivity contribution in [1.29, 1.82) is 0 Å². The number of hydrogen-bond acceptors (Lipinski definition) is 4. The molecule has 0 aromatic carbocycles. The maximum atomic E-state index is 12.1. The van der Waals surface area contributed by atoms with Gasteiger partial charge in [0, 0.05) is 11.9 Å². The zero-order valence-corrected chi connectivity index (χ0v) is 9.79. The van der Waals surface area contributed by atoms with Crippen LogP contribution in [0.25, 0.3) is 0 Å². The van der Waals surface area contributed by atoms with E-state index in [1.165, 1.54) is 12.3 Å². The lowest BCUT2D eigenvalue weighted by molar-refractivity contribution is -0.138. The van der Waals surface area contributed by atoms with Crippen molar-refractivity contribution in [2.45, 2.75) is 6.92 Å². The van der Waals surface area contributed by atoms with E-state index < -0.39 is 30.9 Å². The van der Waals surface area contributed by atoms with Gasteiger partial charge in [0.2, 0.25) is 5.91 Å². The maximum absolute atomic E-state index is 12.1. The number of hydrogen-bond donors (Lipinski definition) is 2. The van der Waals surface area contributed by atoms with Crippen molar-refractivity contribution in [2.75, 3.05) is 13.1 Å². The Kier molecular flexibility index (Phi) is 4.36.